The van der Waals surface area contributed by atoms with Crippen molar-refractivity contribution in [3.05, 3.63) is 0 Å². The van der Waals surface area contributed by atoms with Gasteiger partial charge in [-0.3, -0.25) is 4.99 Å². The number of rotatable bonds is 12. The van der Waals surface area contributed by atoms with Crippen LogP contribution in [0.15, 0.2) is 4.99 Å². The second kappa shape index (κ2) is 14.2. The predicted octanol–water partition coefficient (Wildman–Crippen LogP) is 2.35. The van der Waals surface area contributed by atoms with Crippen LogP contribution >= 0.6 is 0 Å². The van der Waals surface area contributed by atoms with Gasteiger partial charge >= 0.3 is 0 Å². The van der Waals surface area contributed by atoms with Crippen molar-refractivity contribution in [1.29, 1.82) is 0 Å². The Kier molecular flexibility index (Phi) is 12.7. The maximum Gasteiger partial charge on any atom is 0.191 e. The van der Waals surface area contributed by atoms with Crippen LogP contribution < -0.4 is 10.6 Å². The topological polar surface area (TPSA) is 58.1 Å². The van der Waals surface area contributed by atoms with Crippen molar-refractivity contribution in [1.82, 2.24) is 15.5 Å². The highest BCUT2D eigenvalue weighted by atomic mass is 16.5. The van der Waals surface area contributed by atoms with Crippen molar-refractivity contribution >= 4 is 5.96 Å². The zero-order chi connectivity index (χ0) is 19.2. The van der Waals surface area contributed by atoms with Crippen molar-refractivity contribution in [2.24, 2.45) is 16.8 Å². The molecule has 26 heavy (non-hydrogen) atoms. The zero-order valence-electron chi connectivity index (χ0n) is 17.7. The van der Waals surface area contributed by atoms with Crippen LogP contribution in [0.5, 0.6) is 0 Å². The molecule has 0 aliphatic carbocycles. The minimum atomic E-state index is 0.312. The minimum Gasteiger partial charge on any atom is -0.383 e. The Morgan fingerprint density at radius 1 is 1.19 bits per heavy atom. The van der Waals surface area contributed by atoms with Crippen molar-refractivity contribution in [2.75, 3.05) is 59.6 Å². The highest BCUT2D eigenvalue weighted by molar-refractivity contribution is 5.79. The summed E-state index contributed by atoms with van der Waals surface area (Å²) in [6.07, 6.45) is 3.78. The number of hydrogen-bond donors (Lipinski definition) is 2. The van der Waals surface area contributed by atoms with Gasteiger partial charge in [0.25, 0.3) is 0 Å². The van der Waals surface area contributed by atoms with Crippen molar-refractivity contribution in [2.45, 2.75) is 53.1 Å². The van der Waals surface area contributed by atoms with Crippen molar-refractivity contribution in [3.63, 3.8) is 0 Å². The van der Waals surface area contributed by atoms with E-state index in [4.69, 9.17) is 14.5 Å². The summed E-state index contributed by atoms with van der Waals surface area (Å²) in [4.78, 5) is 7.32. The largest absolute Gasteiger partial charge is 0.383 e. The highest BCUT2D eigenvalue weighted by Crippen LogP contribution is 2.17. The van der Waals surface area contributed by atoms with Crippen LogP contribution in [0.4, 0.5) is 0 Å². The molecule has 0 amide bonds. The Bertz CT molecular complexity index is 369. The van der Waals surface area contributed by atoms with Gasteiger partial charge in [0.15, 0.2) is 5.96 Å². The average molecular weight is 371 g/mol. The van der Waals surface area contributed by atoms with Crippen LogP contribution in [0, 0.1) is 11.8 Å². The molecule has 2 N–H and O–H groups in total. The van der Waals surface area contributed by atoms with E-state index < -0.39 is 0 Å². The molecule has 0 aromatic carbocycles. The molecule has 1 aliphatic heterocycles. The second-order valence-corrected chi connectivity index (χ2v) is 7.45. The number of ether oxygens (including phenoxy) is 2. The summed E-state index contributed by atoms with van der Waals surface area (Å²) in [5.74, 6) is 2.17. The summed E-state index contributed by atoms with van der Waals surface area (Å²) in [5.41, 5.74) is 0. The normalized spacial score (nSPS) is 18.3. The number of piperidine rings is 1. The van der Waals surface area contributed by atoms with Crippen LogP contribution in [-0.4, -0.2) is 76.6 Å². The third-order valence-corrected chi connectivity index (χ3v) is 5.02. The minimum absolute atomic E-state index is 0.312. The first-order valence-corrected chi connectivity index (χ1v) is 10.5. The van der Waals surface area contributed by atoms with Crippen LogP contribution in [0.25, 0.3) is 0 Å². The van der Waals surface area contributed by atoms with Gasteiger partial charge in [-0.15, -0.1) is 0 Å². The number of hydrogen-bond acceptors (Lipinski definition) is 4. The fraction of sp³-hybridized carbons (Fsp3) is 0.950. The van der Waals surface area contributed by atoms with Gasteiger partial charge in [0.1, 0.15) is 0 Å². The van der Waals surface area contributed by atoms with Crippen molar-refractivity contribution in [3.8, 4) is 0 Å². The SMILES string of the molecule is CCNC(=NCC1CCN(CCOC)CC1)NCCC(OCC)C(C)C. The summed E-state index contributed by atoms with van der Waals surface area (Å²) in [5, 5.41) is 6.84. The monoisotopic (exact) mass is 370 g/mol. The smallest absolute Gasteiger partial charge is 0.191 e. The quantitative estimate of drug-likeness (QED) is 0.408. The van der Waals surface area contributed by atoms with Crippen LogP contribution in [0.1, 0.15) is 47.0 Å². The number of methoxy groups -OCH3 is 1. The first kappa shape index (κ1) is 23.2. The van der Waals surface area contributed by atoms with E-state index >= 15 is 0 Å². The fourth-order valence-corrected chi connectivity index (χ4v) is 3.33. The molecule has 1 heterocycles. The van der Waals surface area contributed by atoms with Gasteiger partial charge in [0.2, 0.25) is 0 Å². The van der Waals surface area contributed by atoms with E-state index in [9.17, 15) is 0 Å². The van der Waals surface area contributed by atoms with Gasteiger partial charge in [0.05, 0.1) is 12.7 Å². The molecule has 154 valence electrons. The number of nitrogens with one attached hydrogen (secondary N) is 2. The Morgan fingerprint density at radius 2 is 1.92 bits per heavy atom. The molecule has 0 saturated carbocycles. The number of aliphatic imine (C=N–C) groups is 1. The third-order valence-electron chi connectivity index (χ3n) is 5.02. The lowest BCUT2D eigenvalue weighted by molar-refractivity contribution is 0.0258. The fourth-order valence-electron chi connectivity index (χ4n) is 3.33. The highest BCUT2D eigenvalue weighted by Gasteiger charge is 2.19. The van der Waals surface area contributed by atoms with Gasteiger partial charge in [-0.2, -0.15) is 0 Å². The Hall–Kier alpha value is -0.850. The Labute approximate surface area is 161 Å². The molecule has 0 radical (unpaired) electrons. The van der Waals surface area contributed by atoms with Gasteiger partial charge in [-0.1, -0.05) is 13.8 Å². The Morgan fingerprint density at radius 3 is 2.50 bits per heavy atom. The van der Waals surface area contributed by atoms with E-state index in [1.54, 1.807) is 7.11 Å². The first-order valence-electron chi connectivity index (χ1n) is 10.5. The van der Waals surface area contributed by atoms with Gasteiger partial charge in [-0.05, 0) is 58.0 Å². The molecular formula is C20H42N4O2. The van der Waals surface area contributed by atoms with E-state index in [0.717, 1.165) is 64.9 Å². The lowest BCUT2D eigenvalue weighted by Crippen LogP contribution is -2.40. The molecule has 1 aliphatic rings. The molecule has 0 bridgehead atoms. The molecule has 1 unspecified atom stereocenters. The molecule has 1 atom stereocenters. The van der Waals surface area contributed by atoms with E-state index in [2.05, 4.69) is 43.2 Å². The molecular weight excluding hydrogens is 328 g/mol. The molecule has 1 saturated heterocycles. The first-order chi connectivity index (χ1) is 12.6. The van der Waals surface area contributed by atoms with E-state index in [0.29, 0.717) is 17.9 Å². The predicted molar refractivity (Wildman–Crippen MR) is 110 cm³/mol. The zero-order valence-corrected chi connectivity index (χ0v) is 17.7. The van der Waals surface area contributed by atoms with Gasteiger partial charge in [-0.25, -0.2) is 0 Å². The molecule has 0 aromatic heterocycles. The van der Waals surface area contributed by atoms with E-state index in [1.165, 1.54) is 12.8 Å². The molecule has 0 spiro atoms. The van der Waals surface area contributed by atoms with Crippen LogP contribution in [0.3, 0.4) is 0 Å². The van der Waals surface area contributed by atoms with Crippen molar-refractivity contribution < 1.29 is 9.47 Å². The summed E-state index contributed by atoms with van der Waals surface area (Å²) in [6.45, 7) is 16.3. The molecule has 6 nitrogen and oxygen atoms in total. The Balaban J connectivity index is 2.34. The summed E-state index contributed by atoms with van der Waals surface area (Å²) in [7, 11) is 1.77. The summed E-state index contributed by atoms with van der Waals surface area (Å²) in [6, 6.07) is 0. The van der Waals surface area contributed by atoms with Crippen LogP contribution in [0.2, 0.25) is 0 Å². The summed E-state index contributed by atoms with van der Waals surface area (Å²) < 4.78 is 11.0. The van der Waals surface area contributed by atoms with Crippen LogP contribution in [-0.2, 0) is 9.47 Å². The van der Waals surface area contributed by atoms with E-state index in [-0.39, 0.29) is 0 Å². The lowest BCUT2D eigenvalue weighted by Gasteiger charge is -2.31. The molecule has 1 fully saturated rings. The van der Waals surface area contributed by atoms with E-state index in [1.807, 2.05) is 0 Å². The van der Waals surface area contributed by atoms with Gasteiger partial charge < -0.3 is 25.0 Å². The number of guanidine groups is 1. The number of nitrogens with zero attached hydrogens (tertiary/aromatic N) is 2. The third kappa shape index (κ3) is 9.74. The summed E-state index contributed by atoms with van der Waals surface area (Å²) >= 11 is 0. The molecule has 1 rings (SSSR count). The standard InChI is InChI=1S/C20H42N4O2/c1-6-21-20(22-11-8-19(17(3)4)26-7-2)23-16-18-9-12-24(13-10-18)14-15-25-5/h17-19H,6-16H2,1-5H3,(H2,21,22,23). The second-order valence-electron chi connectivity index (χ2n) is 7.45. The average Bonchev–Trinajstić information content (AvgIpc) is 2.64. The maximum atomic E-state index is 5.82. The van der Waals surface area contributed by atoms with Gasteiger partial charge in [0, 0.05) is 39.9 Å². The molecule has 0 aromatic rings. The maximum absolute atomic E-state index is 5.82. The molecule has 6 heteroatoms. The lowest BCUT2D eigenvalue weighted by atomic mass is 9.97. The number of likely N-dealkylation sites (tertiary alicyclic amines) is 1.